The Balaban J connectivity index is 1.16. The normalized spacial score (nSPS) is 27.0. The van der Waals surface area contributed by atoms with Gasteiger partial charge in [-0.1, -0.05) is 25.5 Å². The second kappa shape index (κ2) is 10.1. The van der Waals surface area contributed by atoms with Crippen LogP contribution < -0.4 is 5.32 Å². The van der Waals surface area contributed by atoms with Crippen LogP contribution in [-0.2, 0) is 22.7 Å². The summed E-state index contributed by atoms with van der Waals surface area (Å²) in [4.78, 5) is 26.5. The average Bonchev–Trinajstić information content (AvgIpc) is 3.26. The Morgan fingerprint density at radius 1 is 1.15 bits per heavy atom. The number of unbranched alkanes of at least 4 members (excludes halogenated alkanes) is 1. The minimum atomic E-state index is -0.436. The number of aryl methyl sites for hydroxylation is 1. The molecule has 0 radical (unpaired) electrons. The molecular formula is C25H33N5O3S. The molecule has 4 fully saturated rings. The van der Waals surface area contributed by atoms with Gasteiger partial charge >= 0.3 is 5.97 Å². The van der Waals surface area contributed by atoms with Crippen LogP contribution in [0.25, 0.3) is 0 Å². The molecule has 4 saturated carbocycles. The third-order valence-corrected chi connectivity index (χ3v) is 8.64. The maximum Gasteiger partial charge on any atom is 0.339 e. The Bertz CT molecular complexity index is 1000. The van der Waals surface area contributed by atoms with E-state index in [4.69, 9.17) is 4.74 Å². The lowest BCUT2D eigenvalue weighted by atomic mass is 9.53. The Labute approximate surface area is 204 Å². The van der Waals surface area contributed by atoms with Crippen molar-refractivity contribution < 1.29 is 14.3 Å². The molecule has 1 aromatic heterocycles. The van der Waals surface area contributed by atoms with Gasteiger partial charge in [0.25, 0.3) is 0 Å². The predicted molar refractivity (Wildman–Crippen MR) is 128 cm³/mol. The van der Waals surface area contributed by atoms with Crippen molar-refractivity contribution in [3.63, 3.8) is 0 Å². The number of hydrogen-bond donors (Lipinski definition) is 1. The largest absolute Gasteiger partial charge is 0.454 e. The van der Waals surface area contributed by atoms with Crippen LogP contribution in [0.3, 0.4) is 0 Å². The predicted octanol–water partition coefficient (Wildman–Crippen LogP) is 4.01. The van der Waals surface area contributed by atoms with Crippen molar-refractivity contribution >= 4 is 23.6 Å². The summed E-state index contributed by atoms with van der Waals surface area (Å²) >= 11 is 1.39. The van der Waals surface area contributed by atoms with Gasteiger partial charge in [0.15, 0.2) is 12.4 Å². The third-order valence-electron chi connectivity index (χ3n) is 7.57. The van der Waals surface area contributed by atoms with E-state index in [0.717, 1.165) is 54.8 Å². The molecule has 1 heterocycles. The molecule has 182 valence electrons. The Hall–Kier alpha value is -2.42. The molecule has 0 spiro atoms. The molecular weight excluding hydrogens is 450 g/mol. The van der Waals surface area contributed by atoms with E-state index in [-0.39, 0.29) is 18.1 Å². The maximum atomic E-state index is 12.9. The highest BCUT2D eigenvalue weighted by atomic mass is 32.2. The van der Waals surface area contributed by atoms with E-state index in [0.29, 0.717) is 23.7 Å². The number of thioether (sulfide) groups is 1. The quantitative estimate of drug-likeness (QED) is 0.403. The number of nitrogens with zero attached hydrogens (tertiary/aromatic N) is 4. The first-order valence-electron chi connectivity index (χ1n) is 12.5. The molecule has 0 aliphatic heterocycles. The monoisotopic (exact) mass is 483 g/mol. The molecule has 6 rings (SSSR count). The number of tetrazole rings is 1. The lowest BCUT2D eigenvalue weighted by Crippen LogP contribution is -2.60. The number of rotatable bonds is 10. The lowest BCUT2D eigenvalue weighted by molar-refractivity contribution is -0.124. The topological polar surface area (TPSA) is 99.0 Å². The molecule has 8 nitrogen and oxygen atoms in total. The lowest BCUT2D eigenvalue weighted by Gasteiger charge is -2.56. The number of esters is 1. The van der Waals surface area contributed by atoms with E-state index < -0.39 is 5.97 Å². The van der Waals surface area contributed by atoms with Crippen LogP contribution in [0.15, 0.2) is 29.2 Å². The zero-order chi connectivity index (χ0) is 23.5. The maximum absolute atomic E-state index is 12.9. The zero-order valence-electron chi connectivity index (χ0n) is 19.7. The van der Waals surface area contributed by atoms with Gasteiger partial charge in [-0.15, -0.1) is 16.9 Å². The van der Waals surface area contributed by atoms with Crippen LogP contribution in [0.5, 0.6) is 0 Å². The molecule has 1 aromatic carbocycles. The van der Waals surface area contributed by atoms with E-state index in [1.165, 1.54) is 31.0 Å². The SMILES string of the molecule is CCCCn1nnnc1COC(=O)c1ccccc1SCC(=O)NC12CC3CC(CC(C3)C1)C2. The zero-order valence-corrected chi connectivity index (χ0v) is 20.6. The molecule has 0 unspecified atom stereocenters. The molecule has 2 aromatic rings. The van der Waals surface area contributed by atoms with Crippen LogP contribution in [0.4, 0.5) is 0 Å². The molecule has 4 bridgehead atoms. The van der Waals surface area contributed by atoms with Crippen LogP contribution in [0.1, 0.15) is 74.5 Å². The summed E-state index contributed by atoms with van der Waals surface area (Å²) in [5, 5.41) is 15.0. The molecule has 1 amide bonds. The number of aromatic nitrogens is 4. The third kappa shape index (κ3) is 5.14. The van der Waals surface area contributed by atoms with Crippen molar-refractivity contribution in [2.45, 2.75) is 81.9 Å². The number of nitrogens with one attached hydrogen (secondary N) is 1. The molecule has 34 heavy (non-hydrogen) atoms. The van der Waals surface area contributed by atoms with E-state index in [1.807, 2.05) is 18.2 Å². The summed E-state index contributed by atoms with van der Waals surface area (Å²) in [7, 11) is 0. The van der Waals surface area contributed by atoms with Crippen molar-refractivity contribution in [1.29, 1.82) is 0 Å². The highest BCUT2D eigenvalue weighted by Gasteiger charge is 2.51. The Morgan fingerprint density at radius 2 is 1.85 bits per heavy atom. The fourth-order valence-electron chi connectivity index (χ4n) is 6.52. The van der Waals surface area contributed by atoms with Gasteiger partial charge in [0.1, 0.15) is 0 Å². The fourth-order valence-corrected chi connectivity index (χ4v) is 7.36. The van der Waals surface area contributed by atoms with E-state index in [1.54, 1.807) is 10.7 Å². The van der Waals surface area contributed by atoms with Gasteiger partial charge in [-0.25, -0.2) is 9.48 Å². The summed E-state index contributed by atoms with van der Waals surface area (Å²) in [6.45, 7) is 2.81. The number of hydrogen-bond acceptors (Lipinski definition) is 7. The second-order valence-electron chi connectivity index (χ2n) is 10.3. The minimum absolute atomic E-state index is 0.00655. The van der Waals surface area contributed by atoms with Crippen LogP contribution in [-0.4, -0.2) is 43.4 Å². The van der Waals surface area contributed by atoms with E-state index in [2.05, 4.69) is 27.8 Å². The molecule has 4 aliphatic carbocycles. The smallest absolute Gasteiger partial charge is 0.339 e. The van der Waals surface area contributed by atoms with Crippen LogP contribution in [0.2, 0.25) is 0 Å². The van der Waals surface area contributed by atoms with Crippen molar-refractivity contribution in [3.05, 3.63) is 35.7 Å². The van der Waals surface area contributed by atoms with Crippen molar-refractivity contribution in [3.8, 4) is 0 Å². The molecule has 4 aliphatic rings. The van der Waals surface area contributed by atoms with Gasteiger partial charge in [0, 0.05) is 17.0 Å². The fraction of sp³-hybridized carbons (Fsp3) is 0.640. The van der Waals surface area contributed by atoms with Gasteiger partial charge < -0.3 is 10.1 Å². The summed E-state index contributed by atoms with van der Waals surface area (Å²) < 4.78 is 7.19. The van der Waals surface area contributed by atoms with E-state index >= 15 is 0 Å². The van der Waals surface area contributed by atoms with Gasteiger partial charge in [0.2, 0.25) is 5.91 Å². The summed E-state index contributed by atoms with van der Waals surface area (Å²) in [5.41, 5.74) is 0.467. The number of ether oxygens (including phenoxy) is 1. The standard InChI is InChI=1S/C25H33N5O3S/c1-2-3-8-30-22(27-28-29-30)15-33-24(32)20-6-4-5-7-21(20)34-16-23(31)26-25-12-17-9-18(13-25)11-19(10-17)14-25/h4-7,17-19H,2-3,8-16H2,1H3,(H,26,31). The number of amides is 1. The molecule has 0 atom stereocenters. The second-order valence-corrected chi connectivity index (χ2v) is 11.3. The molecule has 9 heteroatoms. The summed E-state index contributed by atoms with van der Waals surface area (Å²) in [6.07, 6.45) is 9.44. The minimum Gasteiger partial charge on any atom is -0.454 e. The van der Waals surface area contributed by atoms with E-state index in [9.17, 15) is 9.59 Å². The molecule has 0 saturated heterocycles. The van der Waals surface area contributed by atoms with Crippen molar-refractivity contribution in [2.75, 3.05) is 5.75 Å². The number of benzene rings is 1. The Kier molecular flexibility index (Phi) is 6.90. The van der Waals surface area contributed by atoms with Gasteiger partial charge in [0.05, 0.1) is 11.3 Å². The van der Waals surface area contributed by atoms with Crippen molar-refractivity contribution in [2.24, 2.45) is 17.8 Å². The van der Waals surface area contributed by atoms with Gasteiger partial charge in [-0.2, -0.15) is 0 Å². The Morgan fingerprint density at radius 3 is 2.56 bits per heavy atom. The first-order valence-corrected chi connectivity index (χ1v) is 13.5. The summed E-state index contributed by atoms with van der Waals surface area (Å²) in [6, 6.07) is 7.29. The number of carbonyl (C=O) groups excluding carboxylic acids is 2. The first-order chi connectivity index (χ1) is 16.5. The molecule has 1 N–H and O–H groups in total. The average molecular weight is 484 g/mol. The van der Waals surface area contributed by atoms with Crippen LogP contribution in [0, 0.1) is 17.8 Å². The summed E-state index contributed by atoms with van der Waals surface area (Å²) in [5.74, 6) is 2.82. The van der Waals surface area contributed by atoms with Gasteiger partial charge in [-0.05, 0) is 85.3 Å². The number of carbonyl (C=O) groups is 2. The highest BCUT2D eigenvalue weighted by Crippen LogP contribution is 2.55. The van der Waals surface area contributed by atoms with Gasteiger partial charge in [-0.3, -0.25) is 4.79 Å². The first kappa shape index (κ1) is 23.3. The van der Waals surface area contributed by atoms with Crippen molar-refractivity contribution in [1.82, 2.24) is 25.5 Å². The highest BCUT2D eigenvalue weighted by molar-refractivity contribution is 8.00. The van der Waals surface area contributed by atoms with Crippen LogP contribution >= 0.6 is 11.8 Å².